The third-order valence-corrected chi connectivity index (χ3v) is 7.15. The second-order valence-corrected chi connectivity index (χ2v) is 9.42. The molecule has 2 aromatic carbocycles. The van der Waals surface area contributed by atoms with Crippen molar-refractivity contribution < 1.29 is 14.3 Å². The molecular weight excluding hydrogens is 458 g/mol. The molecule has 0 radical (unpaired) electrons. The highest BCUT2D eigenvalue weighted by Gasteiger charge is 2.19. The van der Waals surface area contributed by atoms with Crippen LogP contribution in [-0.4, -0.2) is 28.0 Å². The molecule has 0 bridgehead atoms. The van der Waals surface area contributed by atoms with Gasteiger partial charge in [-0.25, -0.2) is 4.79 Å². The molecule has 3 heterocycles. The number of para-hydroxylation sites is 2. The molecule has 5 aromatic rings. The third-order valence-electron chi connectivity index (χ3n) is 5.90. The van der Waals surface area contributed by atoms with E-state index in [0.29, 0.717) is 23.6 Å². The van der Waals surface area contributed by atoms with Crippen LogP contribution in [0.1, 0.15) is 50.5 Å². The molecule has 3 aromatic heterocycles. The number of carbonyl (C=O) groups is 2. The highest BCUT2D eigenvalue weighted by molar-refractivity contribution is 7.14. The molecular formula is C28H25N3O3S. The number of carbonyl (C=O) groups excluding carboxylic acids is 2. The molecule has 6 nitrogen and oxygen atoms in total. The molecule has 0 fully saturated rings. The fourth-order valence-electron chi connectivity index (χ4n) is 4.19. The van der Waals surface area contributed by atoms with Crippen LogP contribution >= 0.6 is 11.3 Å². The molecule has 0 aliphatic rings. The summed E-state index contributed by atoms with van der Waals surface area (Å²) < 4.78 is 7.14. The van der Waals surface area contributed by atoms with E-state index in [1.165, 1.54) is 11.3 Å². The summed E-state index contributed by atoms with van der Waals surface area (Å²) in [4.78, 5) is 31.5. The molecule has 0 aliphatic heterocycles. The molecule has 0 saturated carbocycles. The van der Waals surface area contributed by atoms with Crippen molar-refractivity contribution in [2.75, 3.05) is 6.61 Å². The topological polar surface area (TPSA) is 73.2 Å². The van der Waals surface area contributed by atoms with Gasteiger partial charge in [0.05, 0.1) is 41.5 Å². The lowest BCUT2D eigenvalue weighted by Gasteiger charge is -2.14. The minimum Gasteiger partial charge on any atom is -0.462 e. The minimum absolute atomic E-state index is 0.166. The van der Waals surface area contributed by atoms with E-state index in [1.54, 1.807) is 13.0 Å². The highest BCUT2D eigenvalue weighted by atomic mass is 32.1. The summed E-state index contributed by atoms with van der Waals surface area (Å²) in [5, 5.41) is 5.18. The summed E-state index contributed by atoms with van der Waals surface area (Å²) in [5.74, 6) is -0.507. The average Bonchev–Trinajstić information content (AvgIpc) is 3.52. The minimum atomic E-state index is -0.341. The van der Waals surface area contributed by atoms with Gasteiger partial charge in [-0.1, -0.05) is 36.4 Å². The molecule has 0 saturated heterocycles. The Morgan fingerprint density at radius 2 is 1.83 bits per heavy atom. The SMILES string of the molecule is CCOC(=O)c1ccc(C(C)NC(=O)c2cccc3ccn(Cc4ccc5ccccc5n4)c23)s1. The molecule has 1 atom stereocenters. The standard InChI is InChI=1S/C28H25N3O3S/c1-3-34-28(33)25-14-13-24(35-25)18(2)29-27(32)22-9-6-8-20-15-16-31(26(20)22)17-21-12-11-19-7-4-5-10-23(19)30-21/h4-16,18H,3,17H2,1-2H3,(H,29,32). The summed E-state index contributed by atoms with van der Waals surface area (Å²) in [7, 11) is 0. The number of hydrogen-bond donors (Lipinski definition) is 1. The van der Waals surface area contributed by atoms with Crippen molar-refractivity contribution in [1.82, 2.24) is 14.9 Å². The van der Waals surface area contributed by atoms with Gasteiger partial charge in [-0.3, -0.25) is 9.78 Å². The van der Waals surface area contributed by atoms with E-state index in [2.05, 4.69) is 16.0 Å². The quantitative estimate of drug-likeness (QED) is 0.290. The van der Waals surface area contributed by atoms with E-state index in [1.807, 2.05) is 73.8 Å². The number of benzene rings is 2. The second-order valence-electron chi connectivity index (χ2n) is 8.30. The Bertz CT molecular complexity index is 1540. The fourth-order valence-corrected chi connectivity index (χ4v) is 5.09. The predicted octanol–water partition coefficient (Wildman–Crippen LogP) is 5.97. The zero-order chi connectivity index (χ0) is 24.4. The highest BCUT2D eigenvalue weighted by Crippen LogP contribution is 2.26. The predicted molar refractivity (Wildman–Crippen MR) is 139 cm³/mol. The number of esters is 1. The van der Waals surface area contributed by atoms with Crippen LogP contribution in [0, 0.1) is 0 Å². The number of rotatable bonds is 7. The van der Waals surface area contributed by atoms with E-state index in [-0.39, 0.29) is 17.9 Å². The first-order valence-electron chi connectivity index (χ1n) is 11.5. The first-order valence-corrected chi connectivity index (χ1v) is 12.4. The van der Waals surface area contributed by atoms with Crippen molar-refractivity contribution in [3.63, 3.8) is 0 Å². The lowest BCUT2D eigenvalue weighted by atomic mass is 10.1. The normalized spacial score (nSPS) is 12.1. The first-order chi connectivity index (χ1) is 17.0. The maximum absolute atomic E-state index is 13.3. The van der Waals surface area contributed by atoms with Gasteiger partial charge >= 0.3 is 5.97 Å². The van der Waals surface area contributed by atoms with Crippen LogP contribution in [0.3, 0.4) is 0 Å². The average molecular weight is 484 g/mol. The third kappa shape index (κ3) is 4.68. The molecule has 5 rings (SSSR count). The number of fused-ring (bicyclic) bond motifs is 2. The number of thiophene rings is 1. The van der Waals surface area contributed by atoms with Gasteiger partial charge in [0.15, 0.2) is 0 Å². The van der Waals surface area contributed by atoms with E-state index < -0.39 is 0 Å². The number of nitrogens with one attached hydrogen (secondary N) is 1. The van der Waals surface area contributed by atoms with E-state index >= 15 is 0 Å². The van der Waals surface area contributed by atoms with Crippen LogP contribution in [0.2, 0.25) is 0 Å². The smallest absolute Gasteiger partial charge is 0.348 e. The number of hydrogen-bond acceptors (Lipinski definition) is 5. The molecule has 7 heteroatoms. The number of pyridine rings is 1. The number of aromatic nitrogens is 2. The Morgan fingerprint density at radius 1 is 1.00 bits per heavy atom. The Hall–Kier alpha value is -3.97. The molecule has 1 N–H and O–H groups in total. The van der Waals surface area contributed by atoms with Gasteiger partial charge in [-0.05, 0) is 50.2 Å². The molecule has 0 aliphatic carbocycles. The Morgan fingerprint density at radius 3 is 2.69 bits per heavy atom. The Balaban J connectivity index is 1.39. The fraction of sp³-hybridized carbons (Fsp3) is 0.179. The number of amides is 1. The van der Waals surface area contributed by atoms with Gasteiger partial charge in [-0.2, -0.15) is 0 Å². The molecule has 1 amide bonds. The molecule has 1 unspecified atom stereocenters. The van der Waals surface area contributed by atoms with Gasteiger partial charge in [0, 0.05) is 21.8 Å². The van der Waals surface area contributed by atoms with Gasteiger partial charge in [-0.15, -0.1) is 11.3 Å². The van der Waals surface area contributed by atoms with E-state index in [4.69, 9.17) is 9.72 Å². The van der Waals surface area contributed by atoms with Crippen molar-refractivity contribution >= 4 is 45.0 Å². The van der Waals surface area contributed by atoms with Gasteiger partial charge in [0.1, 0.15) is 4.88 Å². The zero-order valence-electron chi connectivity index (χ0n) is 19.5. The summed E-state index contributed by atoms with van der Waals surface area (Å²) in [5.41, 5.74) is 3.34. The largest absolute Gasteiger partial charge is 0.462 e. The maximum atomic E-state index is 13.3. The van der Waals surface area contributed by atoms with Crippen molar-refractivity contribution in [3.05, 3.63) is 100 Å². The summed E-state index contributed by atoms with van der Waals surface area (Å²) in [6.45, 7) is 4.58. The first kappa shape index (κ1) is 22.8. The molecule has 35 heavy (non-hydrogen) atoms. The number of nitrogens with zero attached hydrogens (tertiary/aromatic N) is 2. The van der Waals surface area contributed by atoms with Crippen molar-refractivity contribution in [3.8, 4) is 0 Å². The van der Waals surface area contributed by atoms with Gasteiger partial charge in [0.25, 0.3) is 5.91 Å². The van der Waals surface area contributed by atoms with Crippen LogP contribution in [0.4, 0.5) is 0 Å². The Kier molecular flexibility index (Phi) is 6.33. The van der Waals surface area contributed by atoms with Crippen LogP contribution in [0.25, 0.3) is 21.8 Å². The summed E-state index contributed by atoms with van der Waals surface area (Å²) >= 11 is 1.33. The van der Waals surface area contributed by atoms with Gasteiger partial charge in [0.2, 0.25) is 0 Å². The second kappa shape index (κ2) is 9.72. The van der Waals surface area contributed by atoms with Crippen LogP contribution in [0.15, 0.2) is 79.0 Å². The van der Waals surface area contributed by atoms with E-state index in [9.17, 15) is 9.59 Å². The van der Waals surface area contributed by atoms with Crippen LogP contribution in [-0.2, 0) is 11.3 Å². The maximum Gasteiger partial charge on any atom is 0.348 e. The zero-order valence-corrected chi connectivity index (χ0v) is 20.3. The summed E-state index contributed by atoms with van der Waals surface area (Å²) in [6.07, 6.45) is 1.99. The summed E-state index contributed by atoms with van der Waals surface area (Å²) in [6, 6.07) is 23.2. The monoisotopic (exact) mass is 483 g/mol. The van der Waals surface area contributed by atoms with Crippen molar-refractivity contribution in [2.45, 2.75) is 26.4 Å². The van der Waals surface area contributed by atoms with Crippen LogP contribution < -0.4 is 5.32 Å². The van der Waals surface area contributed by atoms with Crippen LogP contribution in [0.5, 0.6) is 0 Å². The lowest BCUT2D eigenvalue weighted by Crippen LogP contribution is -2.26. The van der Waals surface area contributed by atoms with Crippen molar-refractivity contribution in [2.24, 2.45) is 0 Å². The molecule has 0 spiro atoms. The van der Waals surface area contributed by atoms with E-state index in [0.717, 1.165) is 32.4 Å². The van der Waals surface area contributed by atoms with Crippen molar-refractivity contribution in [1.29, 1.82) is 0 Å². The number of ether oxygens (including phenoxy) is 1. The Labute approximate surface area is 207 Å². The lowest BCUT2D eigenvalue weighted by molar-refractivity contribution is 0.0532. The van der Waals surface area contributed by atoms with Gasteiger partial charge < -0.3 is 14.6 Å². The molecule has 176 valence electrons.